The van der Waals surface area contributed by atoms with Crippen LogP contribution in [0.3, 0.4) is 0 Å². The fourth-order valence-corrected chi connectivity index (χ4v) is 2.01. The van der Waals surface area contributed by atoms with E-state index in [2.05, 4.69) is 20.9 Å². The van der Waals surface area contributed by atoms with Gasteiger partial charge in [-0.05, 0) is 25.1 Å². The molecular formula is C12H9BrF4N2. The molecule has 0 aliphatic carbocycles. The van der Waals surface area contributed by atoms with Crippen LogP contribution in [-0.4, -0.2) is 9.55 Å². The number of imidazole rings is 1. The summed E-state index contributed by atoms with van der Waals surface area (Å²) in [4.78, 5) is 3.50. The second-order valence-electron chi connectivity index (χ2n) is 3.86. The number of halogens is 5. The molecule has 7 heteroatoms. The highest BCUT2D eigenvalue weighted by Gasteiger charge is 2.35. The monoisotopic (exact) mass is 336 g/mol. The van der Waals surface area contributed by atoms with E-state index in [-0.39, 0.29) is 17.9 Å². The van der Waals surface area contributed by atoms with E-state index in [1.807, 2.05) is 0 Å². The van der Waals surface area contributed by atoms with Gasteiger partial charge in [0, 0.05) is 17.2 Å². The predicted octanol–water partition coefficient (Wildman–Crippen LogP) is 4.49. The standard InChI is InChI=1S/C12H9BrF4N2/c1-2-19-6-10(12(15,16)17)18-11(19)8-4-3-7(13)5-9(8)14/h3-6H,2H2,1H3. The van der Waals surface area contributed by atoms with Gasteiger partial charge in [-0.15, -0.1) is 0 Å². The van der Waals surface area contributed by atoms with E-state index in [0.29, 0.717) is 4.47 Å². The van der Waals surface area contributed by atoms with E-state index in [0.717, 1.165) is 6.20 Å². The summed E-state index contributed by atoms with van der Waals surface area (Å²) in [6.45, 7) is 1.94. The SMILES string of the molecule is CCn1cc(C(F)(F)F)nc1-c1ccc(Br)cc1F. The molecule has 19 heavy (non-hydrogen) atoms. The van der Waals surface area contributed by atoms with Gasteiger partial charge in [0.1, 0.15) is 11.6 Å². The number of hydrogen-bond acceptors (Lipinski definition) is 1. The summed E-state index contributed by atoms with van der Waals surface area (Å²) in [5, 5.41) is 0. The van der Waals surface area contributed by atoms with Gasteiger partial charge in [0.2, 0.25) is 0 Å². The summed E-state index contributed by atoms with van der Waals surface area (Å²) >= 11 is 3.09. The number of benzene rings is 1. The lowest BCUT2D eigenvalue weighted by molar-refractivity contribution is -0.140. The molecule has 0 bridgehead atoms. The van der Waals surface area contributed by atoms with Crippen LogP contribution in [0.25, 0.3) is 11.4 Å². The Bertz CT molecular complexity index is 604. The lowest BCUT2D eigenvalue weighted by Gasteiger charge is -2.05. The molecule has 2 aromatic rings. The molecule has 0 unspecified atom stereocenters. The summed E-state index contributed by atoms with van der Waals surface area (Å²) in [5.41, 5.74) is -0.979. The van der Waals surface area contributed by atoms with E-state index in [4.69, 9.17) is 0 Å². The summed E-state index contributed by atoms with van der Waals surface area (Å²) in [6, 6.07) is 4.14. The van der Waals surface area contributed by atoms with Crippen molar-refractivity contribution in [3.63, 3.8) is 0 Å². The van der Waals surface area contributed by atoms with Crippen LogP contribution in [0.4, 0.5) is 17.6 Å². The molecule has 1 aromatic carbocycles. The second kappa shape index (κ2) is 4.96. The van der Waals surface area contributed by atoms with Crippen LogP contribution in [-0.2, 0) is 12.7 Å². The number of aryl methyl sites for hydroxylation is 1. The Morgan fingerprint density at radius 2 is 2.00 bits per heavy atom. The number of hydrogen-bond donors (Lipinski definition) is 0. The van der Waals surface area contributed by atoms with Gasteiger partial charge in [-0.2, -0.15) is 13.2 Å². The number of alkyl halides is 3. The molecule has 0 saturated carbocycles. The maximum Gasteiger partial charge on any atom is 0.434 e. The molecule has 0 radical (unpaired) electrons. The first-order chi connectivity index (χ1) is 8.82. The van der Waals surface area contributed by atoms with Crippen LogP contribution in [0.5, 0.6) is 0 Å². The Balaban J connectivity index is 2.58. The normalized spacial score (nSPS) is 11.9. The van der Waals surface area contributed by atoms with Crippen molar-refractivity contribution >= 4 is 15.9 Å². The quantitative estimate of drug-likeness (QED) is 0.739. The zero-order valence-electron chi connectivity index (χ0n) is 9.80. The molecule has 0 aliphatic rings. The lowest BCUT2D eigenvalue weighted by atomic mass is 10.2. The highest BCUT2D eigenvalue weighted by molar-refractivity contribution is 9.10. The first-order valence-corrected chi connectivity index (χ1v) is 6.22. The topological polar surface area (TPSA) is 17.8 Å². The average molecular weight is 337 g/mol. The lowest BCUT2D eigenvalue weighted by Crippen LogP contribution is -2.05. The molecule has 1 aromatic heterocycles. The number of aromatic nitrogens is 2. The molecule has 0 amide bonds. The maximum absolute atomic E-state index is 13.8. The van der Waals surface area contributed by atoms with Crippen LogP contribution in [0.1, 0.15) is 12.6 Å². The van der Waals surface area contributed by atoms with Gasteiger partial charge >= 0.3 is 6.18 Å². The summed E-state index contributed by atoms with van der Waals surface area (Å²) in [6.07, 6.45) is -3.65. The van der Waals surface area contributed by atoms with Crippen molar-refractivity contribution in [3.05, 3.63) is 40.4 Å². The predicted molar refractivity (Wildman–Crippen MR) is 66.0 cm³/mol. The minimum atomic E-state index is -4.54. The summed E-state index contributed by atoms with van der Waals surface area (Å²) < 4.78 is 53.4. The molecule has 2 rings (SSSR count). The molecule has 0 N–H and O–H groups in total. The van der Waals surface area contributed by atoms with Gasteiger partial charge in [0.25, 0.3) is 0 Å². The minimum Gasteiger partial charge on any atom is -0.331 e. The Labute approximate surface area is 115 Å². The molecule has 0 aliphatic heterocycles. The first kappa shape index (κ1) is 14.0. The Morgan fingerprint density at radius 3 is 2.53 bits per heavy atom. The zero-order chi connectivity index (χ0) is 14.2. The van der Waals surface area contributed by atoms with Crippen molar-refractivity contribution in [1.82, 2.24) is 9.55 Å². The summed E-state index contributed by atoms with van der Waals surface area (Å²) in [7, 11) is 0. The van der Waals surface area contributed by atoms with Crippen LogP contribution in [0, 0.1) is 5.82 Å². The zero-order valence-corrected chi connectivity index (χ0v) is 11.4. The average Bonchev–Trinajstić information content (AvgIpc) is 2.72. The van der Waals surface area contributed by atoms with Crippen molar-refractivity contribution in [2.75, 3.05) is 0 Å². The molecule has 0 fully saturated rings. The highest BCUT2D eigenvalue weighted by atomic mass is 79.9. The molecule has 0 spiro atoms. The van der Waals surface area contributed by atoms with Gasteiger partial charge in [0.05, 0.1) is 5.56 Å². The van der Waals surface area contributed by atoms with Gasteiger partial charge < -0.3 is 4.57 Å². The van der Waals surface area contributed by atoms with E-state index in [1.54, 1.807) is 13.0 Å². The van der Waals surface area contributed by atoms with Crippen molar-refractivity contribution in [2.24, 2.45) is 0 Å². The van der Waals surface area contributed by atoms with E-state index < -0.39 is 17.7 Å². The van der Waals surface area contributed by atoms with Crippen molar-refractivity contribution in [1.29, 1.82) is 0 Å². The van der Waals surface area contributed by atoms with Gasteiger partial charge in [0.15, 0.2) is 5.69 Å². The van der Waals surface area contributed by atoms with Crippen LogP contribution >= 0.6 is 15.9 Å². The Hall–Kier alpha value is -1.37. The van der Waals surface area contributed by atoms with Gasteiger partial charge in [-0.25, -0.2) is 9.37 Å². The van der Waals surface area contributed by atoms with Crippen molar-refractivity contribution in [2.45, 2.75) is 19.6 Å². The molecule has 102 valence electrons. The van der Waals surface area contributed by atoms with E-state index in [9.17, 15) is 17.6 Å². The molecule has 1 heterocycles. The Morgan fingerprint density at radius 1 is 1.32 bits per heavy atom. The Kier molecular flexibility index (Phi) is 3.66. The number of rotatable bonds is 2. The van der Waals surface area contributed by atoms with E-state index >= 15 is 0 Å². The minimum absolute atomic E-state index is 0.0279. The van der Waals surface area contributed by atoms with Crippen molar-refractivity contribution in [3.8, 4) is 11.4 Å². The maximum atomic E-state index is 13.8. The number of nitrogens with zero attached hydrogens (tertiary/aromatic N) is 2. The van der Waals surface area contributed by atoms with Crippen molar-refractivity contribution < 1.29 is 17.6 Å². The van der Waals surface area contributed by atoms with E-state index in [1.165, 1.54) is 16.7 Å². The van der Waals surface area contributed by atoms with Crippen LogP contribution < -0.4 is 0 Å². The third-order valence-corrected chi connectivity index (χ3v) is 3.07. The van der Waals surface area contributed by atoms with Gasteiger partial charge in [-0.3, -0.25) is 0 Å². The summed E-state index contributed by atoms with van der Waals surface area (Å²) in [5.74, 6) is -0.650. The smallest absolute Gasteiger partial charge is 0.331 e. The fraction of sp³-hybridized carbons (Fsp3) is 0.250. The third-order valence-electron chi connectivity index (χ3n) is 2.58. The molecule has 2 nitrogen and oxygen atoms in total. The molecule has 0 atom stereocenters. The highest BCUT2D eigenvalue weighted by Crippen LogP contribution is 2.32. The first-order valence-electron chi connectivity index (χ1n) is 5.42. The largest absolute Gasteiger partial charge is 0.434 e. The molecular weight excluding hydrogens is 328 g/mol. The third kappa shape index (κ3) is 2.80. The van der Waals surface area contributed by atoms with Crippen LogP contribution in [0.15, 0.2) is 28.9 Å². The van der Waals surface area contributed by atoms with Gasteiger partial charge in [-0.1, -0.05) is 15.9 Å². The van der Waals surface area contributed by atoms with Crippen LogP contribution in [0.2, 0.25) is 0 Å². The molecule has 0 saturated heterocycles. The second-order valence-corrected chi connectivity index (χ2v) is 4.77. The fourth-order valence-electron chi connectivity index (χ4n) is 1.68.